The van der Waals surface area contributed by atoms with E-state index in [0.717, 1.165) is 6.07 Å². The number of hydrogen-bond acceptors (Lipinski definition) is 4. The fourth-order valence-electron chi connectivity index (χ4n) is 1.84. The average Bonchev–Trinajstić information content (AvgIpc) is 2.55. The van der Waals surface area contributed by atoms with E-state index in [1.807, 2.05) is 6.07 Å². The Morgan fingerprint density at radius 3 is 2.71 bits per heavy atom. The number of amides is 1. The highest BCUT2D eigenvalue weighted by atomic mass is 35.5. The Labute approximate surface area is 147 Å². The lowest BCUT2D eigenvalue weighted by atomic mass is 10.2. The summed E-state index contributed by atoms with van der Waals surface area (Å²) >= 11 is 11.7. The van der Waals surface area contributed by atoms with Crippen molar-refractivity contribution in [2.75, 3.05) is 19.0 Å². The molecule has 0 bridgehead atoms. The van der Waals surface area contributed by atoms with Crippen LogP contribution in [0.25, 0.3) is 0 Å². The van der Waals surface area contributed by atoms with Crippen molar-refractivity contribution in [1.29, 1.82) is 5.26 Å². The van der Waals surface area contributed by atoms with Crippen LogP contribution in [0.4, 0.5) is 10.1 Å². The van der Waals surface area contributed by atoms with Gasteiger partial charge in [-0.05, 0) is 24.3 Å². The monoisotopic (exact) mass is 368 g/mol. The summed E-state index contributed by atoms with van der Waals surface area (Å²) in [5.74, 6) is -0.932. The van der Waals surface area contributed by atoms with E-state index in [4.69, 9.17) is 37.9 Å². The van der Waals surface area contributed by atoms with Gasteiger partial charge in [0.1, 0.15) is 5.82 Å². The lowest BCUT2D eigenvalue weighted by Crippen LogP contribution is -2.21. The smallest absolute Gasteiger partial charge is 0.262 e. The molecule has 0 radical (unpaired) electrons. The van der Waals surface area contributed by atoms with Crippen LogP contribution in [0, 0.1) is 17.1 Å². The fourth-order valence-corrected chi connectivity index (χ4v) is 2.26. The topological polar surface area (TPSA) is 71.3 Å². The Morgan fingerprint density at radius 2 is 2.08 bits per heavy atom. The number of nitrogens with zero attached hydrogens (tertiary/aromatic N) is 1. The zero-order chi connectivity index (χ0) is 17.7. The van der Waals surface area contributed by atoms with Crippen LogP contribution in [0.5, 0.6) is 11.5 Å². The largest absolute Gasteiger partial charge is 0.493 e. The zero-order valence-corrected chi connectivity index (χ0v) is 13.9. The number of carbonyl (C=O) groups excluding carboxylic acids is 1. The van der Waals surface area contributed by atoms with Gasteiger partial charge in [-0.2, -0.15) is 5.26 Å². The van der Waals surface area contributed by atoms with Gasteiger partial charge in [-0.25, -0.2) is 4.39 Å². The quantitative estimate of drug-likeness (QED) is 0.864. The molecule has 0 fully saturated rings. The molecule has 0 aliphatic carbocycles. The first kappa shape index (κ1) is 17.9. The van der Waals surface area contributed by atoms with Crippen LogP contribution >= 0.6 is 23.2 Å². The molecule has 0 unspecified atom stereocenters. The van der Waals surface area contributed by atoms with Gasteiger partial charge in [0, 0.05) is 11.1 Å². The van der Waals surface area contributed by atoms with Gasteiger partial charge in [-0.15, -0.1) is 0 Å². The molecule has 0 saturated carbocycles. The lowest BCUT2D eigenvalue weighted by Gasteiger charge is -2.13. The van der Waals surface area contributed by atoms with E-state index < -0.39 is 18.3 Å². The van der Waals surface area contributed by atoms with Crippen LogP contribution in [-0.4, -0.2) is 19.6 Å². The molecule has 0 heterocycles. The molecular formula is C16H11Cl2FN2O3. The average molecular weight is 369 g/mol. The Bertz CT molecular complexity index is 822. The van der Waals surface area contributed by atoms with E-state index in [1.54, 1.807) is 0 Å². The summed E-state index contributed by atoms with van der Waals surface area (Å²) < 4.78 is 24.0. The molecule has 2 aromatic rings. The van der Waals surface area contributed by atoms with E-state index in [-0.39, 0.29) is 32.8 Å². The van der Waals surface area contributed by atoms with Crippen molar-refractivity contribution in [3.8, 4) is 17.6 Å². The minimum absolute atomic E-state index is 0.0223. The Hall–Kier alpha value is -2.49. The zero-order valence-electron chi connectivity index (χ0n) is 12.4. The van der Waals surface area contributed by atoms with Crippen LogP contribution in [-0.2, 0) is 4.79 Å². The van der Waals surface area contributed by atoms with Gasteiger partial charge in [0.2, 0.25) is 0 Å². The second kappa shape index (κ2) is 7.86. The third-order valence-corrected chi connectivity index (χ3v) is 3.43. The molecule has 0 aromatic heterocycles. The summed E-state index contributed by atoms with van der Waals surface area (Å²) in [6.07, 6.45) is 0. The van der Waals surface area contributed by atoms with Crippen LogP contribution in [0.3, 0.4) is 0 Å². The number of nitrogens with one attached hydrogen (secondary N) is 1. The Morgan fingerprint density at radius 1 is 1.33 bits per heavy atom. The number of halogens is 3. The third-order valence-electron chi connectivity index (χ3n) is 2.91. The minimum Gasteiger partial charge on any atom is -0.493 e. The van der Waals surface area contributed by atoms with Gasteiger partial charge >= 0.3 is 0 Å². The first-order valence-corrected chi connectivity index (χ1v) is 7.35. The maximum absolute atomic E-state index is 13.6. The molecule has 0 aliphatic heterocycles. The molecular weight excluding hydrogens is 358 g/mol. The Balaban J connectivity index is 2.08. The van der Waals surface area contributed by atoms with Crippen molar-refractivity contribution in [2.24, 2.45) is 0 Å². The van der Waals surface area contributed by atoms with Crippen LogP contribution in [0.15, 0.2) is 30.3 Å². The van der Waals surface area contributed by atoms with Gasteiger partial charge in [0.15, 0.2) is 18.1 Å². The second-order valence-corrected chi connectivity index (χ2v) is 5.41. The number of anilines is 1. The molecule has 0 aliphatic rings. The van der Waals surface area contributed by atoms with Crippen molar-refractivity contribution >= 4 is 34.8 Å². The first-order valence-electron chi connectivity index (χ1n) is 6.60. The molecule has 5 nitrogen and oxygen atoms in total. The van der Waals surface area contributed by atoms with E-state index in [2.05, 4.69) is 5.32 Å². The van der Waals surface area contributed by atoms with Crippen LogP contribution in [0.2, 0.25) is 10.0 Å². The number of ether oxygens (including phenoxy) is 2. The van der Waals surface area contributed by atoms with Crippen molar-refractivity contribution < 1.29 is 18.7 Å². The maximum atomic E-state index is 13.6. The maximum Gasteiger partial charge on any atom is 0.262 e. The van der Waals surface area contributed by atoms with E-state index >= 15 is 0 Å². The van der Waals surface area contributed by atoms with Crippen molar-refractivity contribution in [3.05, 3.63) is 51.8 Å². The SMILES string of the molecule is COc1cc(C#N)cc(Cl)c1OCC(=O)Nc1ccc(Cl)cc1F. The normalized spacial score (nSPS) is 9.96. The van der Waals surface area contributed by atoms with Crippen LogP contribution < -0.4 is 14.8 Å². The standard InChI is InChI=1S/C16H11Cl2FN2O3/c1-23-14-5-9(7-20)4-11(18)16(14)24-8-15(22)21-13-3-2-10(17)6-12(13)19/h2-6H,8H2,1H3,(H,21,22). The molecule has 2 aromatic carbocycles. The lowest BCUT2D eigenvalue weighted by molar-refractivity contribution is -0.118. The fraction of sp³-hybridized carbons (Fsp3) is 0.125. The third kappa shape index (κ3) is 4.28. The second-order valence-electron chi connectivity index (χ2n) is 4.56. The number of nitriles is 1. The van der Waals surface area contributed by atoms with E-state index in [9.17, 15) is 9.18 Å². The number of rotatable bonds is 5. The first-order chi connectivity index (χ1) is 11.4. The van der Waals surface area contributed by atoms with Crippen LogP contribution in [0.1, 0.15) is 5.56 Å². The highest BCUT2D eigenvalue weighted by Crippen LogP contribution is 2.36. The molecule has 1 amide bonds. The predicted octanol–water partition coefficient (Wildman–Crippen LogP) is 4.03. The highest BCUT2D eigenvalue weighted by Gasteiger charge is 2.15. The van der Waals surface area contributed by atoms with E-state index in [0.29, 0.717) is 0 Å². The molecule has 0 saturated heterocycles. The minimum atomic E-state index is -0.662. The van der Waals surface area contributed by atoms with Gasteiger partial charge in [0.25, 0.3) is 5.91 Å². The Kier molecular flexibility index (Phi) is 5.85. The molecule has 1 N–H and O–H groups in total. The molecule has 0 atom stereocenters. The number of hydrogen-bond donors (Lipinski definition) is 1. The van der Waals surface area contributed by atoms with Gasteiger partial charge < -0.3 is 14.8 Å². The number of benzene rings is 2. The molecule has 24 heavy (non-hydrogen) atoms. The summed E-state index contributed by atoms with van der Waals surface area (Å²) in [4.78, 5) is 11.9. The van der Waals surface area contributed by atoms with Gasteiger partial charge in [-0.1, -0.05) is 23.2 Å². The molecule has 2 rings (SSSR count). The summed E-state index contributed by atoms with van der Waals surface area (Å²) in [6, 6.07) is 8.61. The molecule has 0 spiro atoms. The van der Waals surface area contributed by atoms with Gasteiger partial charge in [-0.3, -0.25) is 4.79 Å². The highest BCUT2D eigenvalue weighted by molar-refractivity contribution is 6.32. The molecule has 124 valence electrons. The van der Waals surface area contributed by atoms with Crippen molar-refractivity contribution in [3.63, 3.8) is 0 Å². The number of carbonyl (C=O) groups is 1. The van der Waals surface area contributed by atoms with Crippen molar-refractivity contribution in [2.45, 2.75) is 0 Å². The summed E-state index contributed by atoms with van der Waals surface area (Å²) in [5.41, 5.74) is 0.266. The number of methoxy groups -OCH3 is 1. The summed E-state index contributed by atoms with van der Waals surface area (Å²) in [6.45, 7) is -0.427. The predicted molar refractivity (Wildman–Crippen MR) is 88.3 cm³/mol. The van der Waals surface area contributed by atoms with Gasteiger partial charge in [0.05, 0.1) is 29.5 Å². The van der Waals surface area contributed by atoms with Crippen molar-refractivity contribution in [1.82, 2.24) is 0 Å². The molecule has 8 heteroatoms. The van der Waals surface area contributed by atoms with E-state index in [1.165, 1.54) is 31.4 Å². The summed E-state index contributed by atoms with van der Waals surface area (Å²) in [7, 11) is 1.38. The summed E-state index contributed by atoms with van der Waals surface area (Å²) in [5, 5.41) is 11.6.